The molecule has 2 aromatic carbocycles. The second-order valence-corrected chi connectivity index (χ2v) is 6.46. The number of primary amides is 1. The zero-order chi connectivity index (χ0) is 18.3. The van der Waals surface area contributed by atoms with Crippen molar-refractivity contribution in [1.82, 2.24) is 4.57 Å². The lowest BCUT2D eigenvalue weighted by Crippen LogP contribution is -2.16. The van der Waals surface area contributed by atoms with E-state index in [4.69, 9.17) is 28.9 Å². The van der Waals surface area contributed by atoms with Gasteiger partial charge in [-0.25, -0.2) is 0 Å². The monoisotopic (exact) mass is 376 g/mol. The van der Waals surface area contributed by atoms with Gasteiger partial charge in [0.25, 0.3) is 5.91 Å². The van der Waals surface area contributed by atoms with Crippen LogP contribution in [0.25, 0.3) is 10.9 Å². The number of carbonyl (C=O) groups is 2. The predicted octanol–water partition coefficient (Wildman–Crippen LogP) is 3.68. The highest BCUT2D eigenvalue weighted by molar-refractivity contribution is 6.37. The third kappa shape index (κ3) is 2.97. The van der Waals surface area contributed by atoms with Crippen molar-refractivity contribution in [1.29, 1.82) is 0 Å². The Morgan fingerprint density at radius 1 is 1.12 bits per heavy atom. The third-order valence-electron chi connectivity index (χ3n) is 4.06. The van der Waals surface area contributed by atoms with Gasteiger partial charge in [0.2, 0.25) is 5.91 Å². The zero-order valence-corrected chi connectivity index (χ0v) is 14.7. The van der Waals surface area contributed by atoms with Crippen LogP contribution in [0.15, 0.2) is 36.4 Å². The van der Waals surface area contributed by atoms with Gasteiger partial charge < -0.3 is 10.8 Å². The molecule has 7 heteroatoms. The normalized spacial score (nSPS) is 11.0. The predicted molar refractivity (Wildman–Crippen MR) is 97.4 cm³/mol. The summed E-state index contributed by atoms with van der Waals surface area (Å²) < 4.78 is 1.46. The average molecular weight is 377 g/mol. The molecule has 3 rings (SSSR count). The van der Waals surface area contributed by atoms with Crippen molar-refractivity contribution in [2.75, 3.05) is 0 Å². The smallest absolute Gasteiger partial charge is 0.262 e. The Morgan fingerprint density at radius 2 is 1.76 bits per heavy atom. The first kappa shape index (κ1) is 17.3. The van der Waals surface area contributed by atoms with Crippen molar-refractivity contribution >= 4 is 45.9 Å². The topological polar surface area (TPSA) is 85.3 Å². The van der Waals surface area contributed by atoms with Crippen molar-refractivity contribution in [2.45, 2.75) is 13.3 Å². The summed E-state index contributed by atoms with van der Waals surface area (Å²) in [6.07, 6.45) is -0.0909. The molecule has 0 radical (unpaired) electrons. The minimum Gasteiger partial charge on any atom is -0.506 e. The number of amides is 1. The number of fused-ring (bicyclic) bond motifs is 1. The van der Waals surface area contributed by atoms with Crippen molar-refractivity contribution in [3.8, 4) is 5.75 Å². The first-order valence-corrected chi connectivity index (χ1v) is 8.16. The molecule has 0 aliphatic heterocycles. The molecule has 128 valence electrons. The molecule has 0 spiro atoms. The third-order valence-corrected chi connectivity index (χ3v) is 4.69. The number of phenols is 1. The largest absolute Gasteiger partial charge is 0.506 e. The Balaban J connectivity index is 2.30. The first-order valence-electron chi connectivity index (χ1n) is 7.41. The Kier molecular flexibility index (Phi) is 4.45. The summed E-state index contributed by atoms with van der Waals surface area (Å²) >= 11 is 12.1. The van der Waals surface area contributed by atoms with Gasteiger partial charge in [-0.1, -0.05) is 23.2 Å². The van der Waals surface area contributed by atoms with Crippen molar-refractivity contribution in [3.63, 3.8) is 0 Å². The summed E-state index contributed by atoms with van der Waals surface area (Å²) in [4.78, 5) is 24.4. The van der Waals surface area contributed by atoms with Gasteiger partial charge >= 0.3 is 0 Å². The quantitative estimate of drug-likeness (QED) is 0.730. The van der Waals surface area contributed by atoms with Crippen molar-refractivity contribution in [3.05, 3.63) is 63.3 Å². The van der Waals surface area contributed by atoms with Crippen LogP contribution in [0.5, 0.6) is 5.75 Å². The molecular weight excluding hydrogens is 363 g/mol. The van der Waals surface area contributed by atoms with E-state index in [9.17, 15) is 14.7 Å². The van der Waals surface area contributed by atoms with E-state index in [0.717, 1.165) is 0 Å². The van der Waals surface area contributed by atoms with Gasteiger partial charge in [-0.15, -0.1) is 0 Å². The van der Waals surface area contributed by atoms with E-state index in [-0.39, 0.29) is 23.1 Å². The standard InChI is InChI=1S/C18H14Cl2N2O3/c1-9-12(8-15(21)24)16-13(6-7-14(23)17(16)20)22(9)18(25)10-2-4-11(19)5-3-10/h2-7,23H,8H2,1H3,(H2,21,24). The van der Waals surface area contributed by atoms with E-state index in [1.165, 1.54) is 10.6 Å². The second-order valence-electron chi connectivity index (χ2n) is 5.65. The number of hydrogen-bond acceptors (Lipinski definition) is 3. The molecule has 1 aromatic heterocycles. The number of carbonyl (C=O) groups excluding carboxylic acids is 2. The maximum absolute atomic E-state index is 13.0. The number of benzene rings is 2. The molecule has 0 aliphatic rings. The Hall–Kier alpha value is -2.50. The van der Waals surface area contributed by atoms with E-state index in [2.05, 4.69) is 0 Å². The van der Waals surface area contributed by atoms with Crippen LogP contribution in [0, 0.1) is 6.92 Å². The molecule has 1 heterocycles. The van der Waals surface area contributed by atoms with Crippen LogP contribution >= 0.6 is 23.2 Å². The van der Waals surface area contributed by atoms with Gasteiger partial charge in [0, 0.05) is 21.7 Å². The van der Waals surface area contributed by atoms with Gasteiger partial charge in [-0.05, 0) is 48.9 Å². The Labute approximate surface area is 153 Å². The molecule has 0 saturated heterocycles. The number of hydrogen-bond donors (Lipinski definition) is 2. The molecule has 25 heavy (non-hydrogen) atoms. The lowest BCUT2D eigenvalue weighted by molar-refractivity contribution is -0.117. The van der Waals surface area contributed by atoms with Crippen LogP contribution in [0.1, 0.15) is 21.6 Å². The Bertz CT molecular complexity index is 1010. The zero-order valence-electron chi connectivity index (χ0n) is 13.2. The summed E-state index contributed by atoms with van der Waals surface area (Å²) in [6, 6.07) is 9.47. The van der Waals surface area contributed by atoms with Gasteiger partial charge in [-0.3, -0.25) is 14.2 Å². The van der Waals surface area contributed by atoms with Gasteiger partial charge in [0.15, 0.2) is 0 Å². The molecule has 1 amide bonds. The summed E-state index contributed by atoms with van der Waals surface area (Å²) in [5.74, 6) is -0.979. The van der Waals surface area contributed by atoms with Crippen LogP contribution in [-0.4, -0.2) is 21.5 Å². The molecule has 0 bridgehead atoms. The second kappa shape index (κ2) is 6.43. The fraction of sp³-hybridized carbons (Fsp3) is 0.111. The van der Waals surface area contributed by atoms with E-state index < -0.39 is 5.91 Å². The molecule has 0 saturated carbocycles. The van der Waals surface area contributed by atoms with E-state index >= 15 is 0 Å². The van der Waals surface area contributed by atoms with E-state index in [0.29, 0.717) is 32.7 Å². The highest BCUT2D eigenvalue weighted by Gasteiger charge is 2.23. The maximum atomic E-state index is 13.0. The molecule has 5 nitrogen and oxygen atoms in total. The van der Waals surface area contributed by atoms with Crippen LogP contribution in [0.3, 0.4) is 0 Å². The van der Waals surface area contributed by atoms with Gasteiger partial charge in [0.05, 0.1) is 17.0 Å². The SMILES string of the molecule is Cc1c(CC(N)=O)c2c(Cl)c(O)ccc2n1C(=O)c1ccc(Cl)cc1. The number of phenolic OH excluding ortho intramolecular Hbond substituents is 1. The molecule has 0 unspecified atom stereocenters. The fourth-order valence-electron chi connectivity index (χ4n) is 2.90. The van der Waals surface area contributed by atoms with Crippen molar-refractivity contribution in [2.24, 2.45) is 5.73 Å². The Morgan fingerprint density at radius 3 is 2.36 bits per heavy atom. The molecule has 0 aliphatic carbocycles. The number of nitrogens with zero attached hydrogens (tertiary/aromatic N) is 1. The minimum absolute atomic E-state index is 0.0829. The highest BCUT2D eigenvalue weighted by Crippen LogP contribution is 2.37. The maximum Gasteiger partial charge on any atom is 0.262 e. The van der Waals surface area contributed by atoms with Crippen LogP contribution in [0.2, 0.25) is 10.0 Å². The van der Waals surface area contributed by atoms with E-state index in [1.54, 1.807) is 37.3 Å². The number of aromatic hydroxyl groups is 1. The van der Waals surface area contributed by atoms with E-state index in [1.807, 2.05) is 0 Å². The summed E-state index contributed by atoms with van der Waals surface area (Å²) in [7, 11) is 0. The van der Waals surface area contributed by atoms with Crippen molar-refractivity contribution < 1.29 is 14.7 Å². The molecular formula is C18H14Cl2N2O3. The highest BCUT2D eigenvalue weighted by atomic mass is 35.5. The molecule has 3 N–H and O–H groups in total. The van der Waals surface area contributed by atoms with Gasteiger partial charge in [0.1, 0.15) is 5.75 Å². The average Bonchev–Trinajstić information content (AvgIpc) is 2.83. The minimum atomic E-state index is -0.555. The molecule has 3 aromatic rings. The lowest BCUT2D eigenvalue weighted by Gasteiger charge is -2.08. The number of aromatic nitrogens is 1. The summed E-state index contributed by atoms with van der Waals surface area (Å²) in [6.45, 7) is 1.71. The number of nitrogens with two attached hydrogens (primary N) is 1. The van der Waals surface area contributed by atoms with Crippen LogP contribution in [0.4, 0.5) is 0 Å². The number of halogens is 2. The molecule has 0 atom stereocenters. The molecule has 0 fully saturated rings. The summed E-state index contributed by atoms with van der Waals surface area (Å²) in [5.41, 5.74) is 7.32. The first-order chi connectivity index (χ1) is 11.8. The van der Waals surface area contributed by atoms with Crippen LogP contribution < -0.4 is 5.73 Å². The lowest BCUT2D eigenvalue weighted by atomic mass is 10.1. The van der Waals surface area contributed by atoms with Gasteiger partial charge in [-0.2, -0.15) is 0 Å². The number of rotatable bonds is 3. The van der Waals surface area contributed by atoms with Crippen LogP contribution in [-0.2, 0) is 11.2 Å². The fourth-order valence-corrected chi connectivity index (χ4v) is 3.30. The summed E-state index contributed by atoms with van der Waals surface area (Å²) in [5, 5.41) is 11.0.